The number of alkyl halides is 1. The quantitative estimate of drug-likeness (QED) is 0.469. The largest absolute Gasteiger partial charge is 0.487 e. The average Bonchev–Trinajstić information content (AvgIpc) is 2.36. The maximum absolute atomic E-state index is 10.6. The van der Waals surface area contributed by atoms with E-state index in [1.807, 2.05) is 6.92 Å². The molecule has 3 atom stereocenters. The van der Waals surface area contributed by atoms with E-state index < -0.39 is 4.92 Å². The zero-order valence-corrected chi connectivity index (χ0v) is 10.7. The SMILES string of the molecule is CCOC1C(Cl)CC1Oc1cccc([N+](=O)[O-])c1. The standard InChI is InChI=1S/C12H14ClNO4/c1-2-17-12-10(13)7-11(12)18-9-5-3-4-8(6-9)14(15)16/h3-6,10-12H,2,7H2,1H3. The summed E-state index contributed by atoms with van der Waals surface area (Å²) in [5, 5.41) is 10.6. The Morgan fingerprint density at radius 3 is 2.94 bits per heavy atom. The fraction of sp³-hybridized carbons (Fsp3) is 0.500. The van der Waals surface area contributed by atoms with E-state index in [9.17, 15) is 10.1 Å². The van der Waals surface area contributed by atoms with Gasteiger partial charge in [0.1, 0.15) is 18.0 Å². The predicted octanol–water partition coefficient (Wildman–Crippen LogP) is 2.76. The third-order valence-corrected chi connectivity index (χ3v) is 3.28. The van der Waals surface area contributed by atoms with Gasteiger partial charge in [0.05, 0.1) is 16.4 Å². The van der Waals surface area contributed by atoms with Crippen molar-refractivity contribution in [2.75, 3.05) is 6.61 Å². The highest BCUT2D eigenvalue weighted by atomic mass is 35.5. The van der Waals surface area contributed by atoms with Crippen LogP contribution in [0.1, 0.15) is 13.3 Å². The van der Waals surface area contributed by atoms with Crippen molar-refractivity contribution in [1.82, 2.24) is 0 Å². The van der Waals surface area contributed by atoms with Gasteiger partial charge in [0.15, 0.2) is 0 Å². The molecule has 0 aromatic heterocycles. The normalized spacial score (nSPS) is 26.4. The third kappa shape index (κ3) is 2.73. The van der Waals surface area contributed by atoms with Crippen LogP contribution in [0.2, 0.25) is 0 Å². The zero-order chi connectivity index (χ0) is 13.1. The third-order valence-electron chi connectivity index (χ3n) is 2.86. The topological polar surface area (TPSA) is 61.6 Å². The second kappa shape index (κ2) is 5.54. The zero-order valence-electron chi connectivity index (χ0n) is 9.91. The van der Waals surface area contributed by atoms with Gasteiger partial charge < -0.3 is 9.47 Å². The van der Waals surface area contributed by atoms with Crippen LogP contribution >= 0.6 is 11.6 Å². The van der Waals surface area contributed by atoms with E-state index in [0.717, 1.165) is 0 Å². The minimum absolute atomic E-state index is 0.0159. The summed E-state index contributed by atoms with van der Waals surface area (Å²) in [6.07, 6.45) is 0.417. The first-order chi connectivity index (χ1) is 8.61. The van der Waals surface area contributed by atoms with Crippen molar-refractivity contribution in [2.45, 2.75) is 30.9 Å². The summed E-state index contributed by atoms with van der Waals surface area (Å²) < 4.78 is 11.1. The van der Waals surface area contributed by atoms with Gasteiger partial charge in [-0.15, -0.1) is 11.6 Å². The van der Waals surface area contributed by atoms with Crippen LogP contribution in [0, 0.1) is 10.1 Å². The number of hydrogen-bond donors (Lipinski definition) is 0. The first kappa shape index (κ1) is 13.1. The molecule has 0 saturated heterocycles. The predicted molar refractivity (Wildman–Crippen MR) is 67.2 cm³/mol. The van der Waals surface area contributed by atoms with Crippen molar-refractivity contribution in [3.63, 3.8) is 0 Å². The summed E-state index contributed by atoms with van der Waals surface area (Å²) in [6.45, 7) is 2.47. The van der Waals surface area contributed by atoms with Crippen molar-refractivity contribution in [1.29, 1.82) is 0 Å². The molecule has 1 aromatic carbocycles. The van der Waals surface area contributed by atoms with Crippen LogP contribution in [0.25, 0.3) is 0 Å². The molecule has 2 rings (SSSR count). The van der Waals surface area contributed by atoms with E-state index in [-0.39, 0.29) is 23.3 Å². The highest BCUT2D eigenvalue weighted by molar-refractivity contribution is 6.21. The van der Waals surface area contributed by atoms with E-state index in [2.05, 4.69) is 0 Å². The van der Waals surface area contributed by atoms with E-state index in [4.69, 9.17) is 21.1 Å². The maximum atomic E-state index is 10.6. The van der Waals surface area contributed by atoms with Gasteiger partial charge in [0.2, 0.25) is 0 Å². The molecule has 0 bridgehead atoms. The minimum Gasteiger partial charge on any atom is -0.487 e. The molecular formula is C12H14ClNO4. The Morgan fingerprint density at radius 1 is 1.56 bits per heavy atom. The van der Waals surface area contributed by atoms with Gasteiger partial charge in [-0.05, 0) is 13.0 Å². The molecule has 1 saturated carbocycles. The first-order valence-corrected chi connectivity index (χ1v) is 6.22. The first-order valence-electron chi connectivity index (χ1n) is 5.78. The van der Waals surface area contributed by atoms with Crippen molar-refractivity contribution >= 4 is 17.3 Å². The Morgan fingerprint density at radius 2 is 2.33 bits per heavy atom. The second-order valence-electron chi connectivity index (χ2n) is 4.08. The van der Waals surface area contributed by atoms with Gasteiger partial charge in [0.25, 0.3) is 5.69 Å². The molecule has 1 aromatic rings. The summed E-state index contributed by atoms with van der Waals surface area (Å²) in [5.74, 6) is 0.475. The molecule has 1 fully saturated rings. The van der Waals surface area contributed by atoms with Crippen molar-refractivity contribution in [3.8, 4) is 5.75 Å². The molecule has 0 amide bonds. The summed E-state index contributed by atoms with van der Waals surface area (Å²) in [6, 6.07) is 6.13. The Hall–Kier alpha value is -1.33. The summed E-state index contributed by atoms with van der Waals surface area (Å²) >= 11 is 6.02. The second-order valence-corrected chi connectivity index (χ2v) is 4.64. The number of nitro groups is 1. The van der Waals surface area contributed by atoms with E-state index in [1.54, 1.807) is 12.1 Å². The smallest absolute Gasteiger partial charge is 0.273 e. The lowest BCUT2D eigenvalue weighted by atomic mass is 9.91. The van der Waals surface area contributed by atoms with E-state index in [0.29, 0.717) is 18.8 Å². The van der Waals surface area contributed by atoms with E-state index >= 15 is 0 Å². The molecule has 0 aliphatic heterocycles. The lowest BCUT2D eigenvalue weighted by Gasteiger charge is -2.40. The summed E-state index contributed by atoms with van der Waals surface area (Å²) in [4.78, 5) is 10.2. The summed E-state index contributed by atoms with van der Waals surface area (Å²) in [7, 11) is 0. The lowest BCUT2D eigenvalue weighted by molar-refractivity contribution is -0.385. The Kier molecular flexibility index (Phi) is 4.04. The average molecular weight is 272 g/mol. The molecule has 0 heterocycles. The molecular weight excluding hydrogens is 258 g/mol. The Balaban J connectivity index is 2.01. The van der Waals surface area contributed by atoms with Crippen LogP contribution in [0.3, 0.4) is 0 Å². The fourth-order valence-electron chi connectivity index (χ4n) is 1.89. The molecule has 18 heavy (non-hydrogen) atoms. The molecule has 6 heteroatoms. The number of rotatable bonds is 5. The summed E-state index contributed by atoms with van der Waals surface area (Å²) in [5.41, 5.74) is 0.0159. The van der Waals surface area contributed by atoms with Crippen LogP contribution in [0.5, 0.6) is 5.75 Å². The highest BCUT2D eigenvalue weighted by Crippen LogP contribution is 2.33. The monoisotopic (exact) mass is 271 g/mol. The molecule has 1 aliphatic carbocycles. The van der Waals surface area contributed by atoms with Gasteiger partial charge in [-0.25, -0.2) is 0 Å². The van der Waals surface area contributed by atoms with Crippen LogP contribution in [-0.4, -0.2) is 29.1 Å². The van der Waals surface area contributed by atoms with Gasteiger partial charge in [-0.1, -0.05) is 6.07 Å². The number of nitro benzene ring substituents is 1. The van der Waals surface area contributed by atoms with Crippen molar-refractivity contribution < 1.29 is 14.4 Å². The van der Waals surface area contributed by atoms with E-state index in [1.165, 1.54) is 12.1 Å². The molecule has 98 valence electrons. The Labute approximate surface area is 110 Å². The Bertz CT molecular complexity index is 440. The van der Waals surface area contributed by atoms with Gasteiger partial charge in [0, 0.05) is 19.1 Å². The van der Waals surface area contributed by atoms with Gasteiger partial charge in [-0.2, -0.15) is 0 Å². The molecule has 0 N–H and O–H groups in total. The molecule has 1 aliphatic rings. The molecule has 0 radical (unpaired) electrons. The van der Waals surface area contributed by atoms with Gasteiger partial charge in [-0.3, -0.25) is 10.1 Å². The maximum Gasteiger partial charge on any atom is 0.273 e. The fourth-order valence-corrected chi connectivity index (χ4v) is 2.30. The highest BCUT2D eigenvalue weighted by Gasteiger charge is 2.42. The van der Waals surface area contributed by atoms with Crippen molar-refractivity contribution in [3.05, 3.63) is 34.4 Å². The lowest BCUT2D eigenvalue weighted by Crippen LogP contribution is -2.52. The molecule has 0 spiro atoms. The number of benzene rings is 1. The number of hydrogen-bond acceptors (Lipinski definition) is 4. The molecule has 3 unspecified atom stereocenters. The van der Waals surface area contributed by atoms with Crippen LogP contribution in [0.15, 0.2) is 24.3 Å². The molecule has 5 nitrogen and oxygen atoms in total. The van der Waals surface area contributed by atoms with Gasteiger partial charge >= 0.3 is 0 Å². The number of ether oxygens (including phenoxy) is 2. The minimum atomic E-state index is -0.446. The number of non-ortho nitro benzene ring substituents is 1. The van der Waals surface area contributed by atoms with Crippen LogP contribution in [-0.2, 0) is 4.74 Å². The van der Waals surface area contributed by atoms with Crippen LogP contribution in [0.4, 0.5) is 5.69 Å². The number of halogens is 1. The van der Waals surface area contributed by atoms with Crippen LogP contribution < -0.4 is 4.74 Å². The number of nitrogens with zero attached hydrogens (tertiary/aromatic N) is 1. The van der Waals surface area contributed by atoms with Crippen molar-refractivity contribution in [2.24, 2.45) is 0 Å².